The Bertz CT molecular complexity index is 622. The smallest absolute Gasteiger partial charge is 0.251 e. The van der Waals surface area contributed by atoms with E-state index in [0.717, 1.165) is 11.3 Å². The number of amides is 1. The molecule has 0 aliphatic rings. The van der Waals surface area contributed by atoms with E-state index in [0.29, 0.717) is 17.9 Å². The van der Waals surface area contributed by atoms with Crippen molar-refractivity contribution >= 4 is 5.91 Å². The highest BCUT2D eigenvalue weighted by Gasteiger charge is 2.12. The minimum absolute atomic E-state index is 0.0887. The molecular formula is C18H21NO3. The molecule has 0 spiro atoms. The molecule has 22 heavy (non-hydrogen) atoms. The van der Waals surface area contributed by atoms with Crippen LogP contribution in [0.3, 0.4) is 0 Å². The SMILES string of the molecule is CCOc1cccc(C(=O)NC(C)c2ccc(OC)cc2)c1. The first-order valence-electron chi connectivity index (χ1n) is 7.31. The van der Waals surface area contributed by atoms with Crippen LogP contribution in [0.4, 0.5) is 0 Å². The van der Waals surface area contributed by atoms with Crippen LogP contribution in [0, 0.1) is 0 Å². The predicted octanol–water partition coefficient (Wildman–Crippen LogP) is 3.58. The van der Waals surface area contributed by atoms with Gasteiger partial charge in [0.2, 0.25) is 0 Å². The highest BCUT2D eigenvalue weighted by atomic mass is 16.5. The van der Waals surface area contributed by atoms with Crippen LogP contribution in [-0.4, -0.2) is 19.6 Å². The molecule has 0 aliphatic carbocycles. The number of methoxy groups -OCH3 is 1. The molecule has 0 aliphatic heterocycles. The van der Waals surface area contributed by atoms with E-state index in [1.807, 2.05) is 50.2 Å². The van der Waals surface area contributed by atoms with Crippen LogP contribution in [0.2, 0.25) is 0 Å². The fourth-order valence-electron chi connectivity index (χ4n) is 2.15. The average molecular weight is 299 g/mol. The van der Waals surface area contributed by atoms with E-state index in [4.69, 9.17) is 9.47 Å². The topological polar surface area (TPSA) is 47.6 Å². The standard InChI is InChI=1S/C18H21NO3/c1-4-22-17-7-5-6-15(12-17)18(20)19-13(2)14-8-10-16(21-3)11-9-14/h5-13H,4H2,1-3H3,(H,19,20). The van der Waals surface area contributed by atoms with Gasteiger partial charge in [0.1, 0.15) is 11.5 Å². The number of nitrogens with one attached hydrogen (secondary N) is 1. The quantitative estimate of drug-likeness (QED) is 0.887. The average Bonchev–Trinajstić information content (AvgIpc) is 2.55. The second-order valence-electron chi connectivity index (χ2n) is 4.93. The zero-order valence-corrected chi connectivity index (χ0v) is 13.1. The molecule has 0 bridgehead atoms. The normalized spacial score (nSPS) is 11.6. The molecule has 0 aromatic heterocycles. The largest absolute Gasteiger partial charge is 0.497 e. The zero-order valence-electron chi connectivity index (χ0n) is 13.1. The molecule has 4 nitrogen and oxygen atoms in total. The number of carbonyl (C=O) groups is 1. The molecule has 0 saturated carbocycles. The molecule has 2 aromatic carbocycles. The van der Waals surface area contributed by atoms with Crippen LogP contribution >= 0.6 is 0 Å². The highest BCUT2D eigenvalue weighted by Crippen LogP contribution is 2.18. The molecule has 1 unspecified atom stereocenters. The summed E-state index contributed by atoms with van der Waals surface area (Å²) in [7, 11) is 1.63. The van der Waals surface area contributed by atoms with Gasteiger partial charge in [-0.2, -0.15) is 0 Å². The minimum Gasteiger partial charge on any atom is -0.497 e. The lowest BCUT2D eigenvalue weighted by Gasteiger charge is -2.15. The van der Waals surface area contributed by atoms with Crippen LogP contribution in [0.25, 0.3) is 0 Å². The van der Waals surface area contributed by atoms with Gasteiger partial charge in [0, 0.05) is 5.56 Å². The maximum atomic E-state index is 12.3. The molecule has 1 atom stereocenters. The van der Waals surface area contributed by atoms with Crippen molar-refractivity contribution in [3.05, 3.63) is 59.7 Å². The van der Waals surface area contributed by atoms with Gasteiger partial charge in [0.15, 0.2) is 0 Å². The van der Waals surface area contributed by atoms with Crippen molar-refractivity contribution in [2.24, 2.45) is 0 Å². The van der Waals surface area contributed by atoms with Crippen LogP contribution in [0.5, 0.6) is 11.5 Å². The van der Waals surface area contributed by atoms with E-state index in [1.54, 1.807) is 19.2 Å². The number of carbonyl (C=O) groups excluding carboxylic acids is 1. The maximum Gasteiger partial charge on any atom is 0.251 e. The zero-order chi connectivity index (χ0) is 15.9. The third-order valence-corrected chi connectivity index (χ3v) is 3.37. The first-order valence-corrected chi connectivity index (χ1v) is 7.31. The molecule has 1 N–H and O–H groups in total. The monoisotopic (exact) mass is 299 g/mol. The summed E-state index contributed by atoms with van der Waals surface area (Å²) >= 11 is 0. The van der Waals surface area contributed by atoms with E-state index in [9.17, 15) is 4.79 Å². The summed E-state index contributed by atoms with van der Waals surface area (Å²) in [6, 6.07) is 14.8. The van der Waals surface area contributed by atoms with Crippen molar-refractivity contribution in [3.8, 4) is 11.5 Å². The van der Waals surface area contributed by atoms with Crippen LogP contribution in [0.15, 0.2) is 48.5 Å². The molecule has 0 heterocycles. The molecule has 2 aromatic rings. The van der Waals surface area contributed by atoms with E-state index in [2.05, 4.69) is 5.32 Å². The summed E-state index contributed by atoms with van der Waals surface area (Å²) < 4.78 is 10.6. The van der Waals surface area contributed by atoms with Crippen molar-refractivity contribution in [3.63, 3.8) is 0 Å². The van der Waals surface area contributed by atoms with Gasteiger partial charge in [-0.1, -0.05) is 18.2 Å². The Morgan fingerprint density at radius 2 is 1.86 bits per heavy atom. The van der Waals surface area contributed by atoms with Crippen molar-refractivity contribution < 1.29 is 14.3 Å². The van der Waals surface area contributed by atoms with E-state index in [1.165, 1.54) is 0 Å². The number of hydrogen-bond acceptors (Lipinski definition) is 3. The third-order valence-electron chi connectivity index (χ3n) is 3.37. The van der Waals surface area contributed by atoms with E-state index < -0.39 is 0 Å². The third kappa shape index (κ3) is 4.01. The number of rotatable bonds is 6. The molecule has 1 amide bonds. The van der Waals surface area contributed by atoms with Gasteiger partial charge >= 0.3 is 0 Å². The molecule has 4 heteroatoms. The first-order chi connectivity index (χ1) is 10.6. The van der Waals surface area contributed by atoms with Gasteiger partial charge in [-0.15, -0.1) is 0 Å². The fourth-order valence-corrected chi connectivity index (χ4v) is 2.15. The van der Waals surface area contributed by atoms with Crippen LogP contribution in [-0.2, 0) is 0 Å². The lowest BCUT2D eigenvalue weighted by Crippen LogP contribution is -2.26. The Hall–Kier alpha value is -2.49. The minimum atomic E-state index is -0.120. The van der Waals surface area contributed by atoms with Crippen LogP contribution in [0.1, 0.15) is 35.8 Å². The summed E-state index contributed by atoms with van der Waals surface area (Å²) in [5, 5.41) is 2.98. The lowest BCUT2D eigenvalue weighted by atomic mass is 10.1. The van der Waals surface area contributed by atoms with Gasteiger partial charge in [0.25, 0.3) is 5.91 Å². The Morgan fingerprint density at radius 3 is 2.50 bits per heavy atom. The lowest BCUT2D eigenvalue weighted by molar-refractivity contribution is 0.0939. The maximum absolute atomic E-state index is 12.3. The molecular weight excluding hydrogens is 278 g/mol. The van der Waals surface area contributed by atoms with Crippen molar-refractivity contribution in [1.82, 2.24) is 5.32 Å². The van der Waals surface area contributed by atoms with Gasteiger partial charge in [-0.25, -0.2) is 0 Å². The molecule has 2 rings (SSSR count). The Labute approximate surface area is 131 Å². The fraction of sp³-hybridized carbons (Fsp3) is 0.278. The summed E-state index contributed by atoms with van der Waals surface area (Å²) in [6.45, 7) is 4.44. The van der Waals surface area contributed by atoms with Gasteiger partial charge < -0.3 is 14.8 Å². The number of ether oxygens (including phenoxy) is 2. The summed E-state index contributed by atoms with van der Waals surface area (Å²) in [4.78, 5) is 12.3. The van der Waals surface area contributed by atoms with Gasteiger partial charge in [0.05, 0.1) is 19.8 Å². The number of hydrogen-bond donors (Lipinski definition) is 1. The summed E-state index contributed by atoms with van der Waals surface area (Å²) in [5.74, 6) is 1.38. The second-order valence-corrected chi connectivity index (χ2v) is 4.93. The predicted molar refractivity (Wildman–Crippen MR) is 86.5 cm³/mol. The highest BCUT2D eigenvalue weighted by molar-refractivity contribution is 5.94. The Kier molecular flexibility index (Phi) is 5.42. The summed E-state index contributed by atoms with van der Waals surface area (Å²) in [5.41, 5.74) is 1.61. The number of benzene rings is 2. The van der Waals surface area contributed by atoms with Gasteiger partial charge in [-0.3, -0.25) is 4.79 Å². The molecule has 0 saturated heterocycles. The Balaban J connectivity index is 2.05. The van der Waals surface area contributed by atoms with E-state index >= 15 is 0 Å². The van der Waals surface area contributed by atoms with E-state index in [-0.39, 0.29) is 11.9 Å². The molecule has 116 valence electrons. The molecule has 0 radical (unpaired) electrons. The van der Waals surface area contributed by atoms with Gasteiger partial charge in [-0.05, 0) is 49.7 Å². The Morgan fingerprint density at radius 1 is 1.14 bits per heavy atom. The molecule has 0 fully saturated rings. The van der Waals surface area contributed by atoms with Crippen molar-refractivity contribution in [2.45, 2.75) is 19.9 Å². The summed E-state index contributed by atoms with van der Waals surface area (Å²) in [6.07, 6.45) is 0. The van der Waals surface area contributed by atoms with Crippen molar-refractivity contribution in [2.75, 3.05) is 13.7 Å². The first kappa shape index (κ1) is 15.9. The second kappa shape index (κ2) is 7.50. The van der Waals surface area contributed by atoms with Crippen molar-refractivity contribution in [1.29, 1.82) is 0 Å². The van der Waals surface area contributed by atoms with Crippen LogP contribution < -0.4 is 14.8 Å².